The fourth-order valence-electron chi connectivity index (χ4n) is 3.50. The fourth-order valence-corrected chi connectivity index (χ4v) is 3.50. The van der Waals surface area contributed by atoms with Crippen LogP contribution in [0.25, 0.3) is 0 Å². The van der Waals surface area contributed by atoms with E-state index in [2.05, 4.69) is 5.32 Å². The molecule has 1 saturated heterocycles. The van der Waals surface area contributed by atoms with Crippen LogP contribution in [0.5, 0.6) is 5.75 Å². The van der Waals surface area contributed by atoms with Gasteiger partial charge in [0, 0.05) is 13.1 Å². The summed E-state index contributed by atoms with van der Waals surface area (Å²) in [5, 5.41) is 2.59. The highest BCUT2D eigenvalue weighted by Crippen LogP contribution is 2.33. The maximum atomic E-state index is 13.8. The van der Waals surface area contributed by atoms with Crippen LogP contribution < -0.4 is 15.0 Å². The number of benzene rings is 2. The summed E-state index contributed by atoms with van der Waals surface area (Å²) in [6.45, 7) is 2.26. The fraction of sp³-hybridized carbons (Fsp3) is 0.333. The molecule has 2 aliphatic heterocycles. The van der Waals surface area contributed by atoms with Gasteiger partial charge in [-0.05, 0) is 24.3 Å². The van der Waals surface area contributed by atoms with Gasteiger partial charge in [0.25, 0.3) is 5.91 Å². The molecule has 0 bridgehead atoms. The van der Waals surface area contributed by atoms with Crippen molar-refractivity contribution in [3.63, 3.8) is 0 Å². The predicted molar refractivity (Wildman–Crippen MR) is 105 cm³/mol. The van der Waals surface area contributed by atoms with E-state index >= 15 is 0 Å². The van der Waals surface area contributed by atoms with Crippen LogP contribution in [-0.2, 0) is 14.3 Å². The first-order valence-corrected chi connectivity index (χ1v) is 9.53. The van der Waals surface area contributed by atoms with E-state index in [-0.39, 0.29) is 30.6 Å². The third kappa shape index (κ3) is 4.32. The molecule has 1 atom stereocenters. The van der Waals surface area contributed by atoms with Crippen molar-refractivity contribution in [3.05, 3.63) is 54.3 Å². The molecule has 7 nitrogen and oxygen atoms in total. The normalized spacial score (nSPS) is 18.6. The molecule has 0 aromatic heterocycles. The average molecular weight is 399 g/mol. The Hall–Kier alpha value is -3.13. The molecular weight excluding hydrogens is 377 g/mol. The van der Waals surface area contributed by atoms with Gasteiger partial charge in [0.05, 0.1) is 37.7 Å². The molecular formula is C21H22FN3O4. The lowest BCUT2D eigenvalue weighted by atomic mass is 10.1. The number of morpholine rings is 1. The molecule has 29 heavy (non-hydrogen) atoms. The highest BCUT2D eigenvalue weighted by atomic mass is 19.1. The van der Waals surface area contributed by atoms with Crippen LogP contribution in [0.15, 0.2) is 48.5 Å². The first kappa shape index (κ1) is 19.2. The first-order chi connectivity index (χ1) is 14.1. The maximum Gasteiger partial charge on any atom is 0.265 e. The van der Waals surface area contributed by atoms with E-state index in [1.807, 2.05) is 18.2 Å². The molecule has 1 fully saturated rings. The quantitative estimate of drug-likeness (QED) is 0.850. The Balaban J connectivity index is 1.49. The van der Waals surface area contributed by atoms with Crippen molar-refractivity contribution in [1.82, 2.24) is 4.90 Å². The monoisotopic (exact) mass is 399 g/mol. The molecule has 152 valence electrons. The number of para-hydroxylation sites is 3. The molecule has 0 spiro atoms. The minimum atomic E-state index is -0.718. The third-order valence-electron chi connectivity index (χ3n) is 4.94. The number of fused-ring (bicyclic) bond motifs is 1. The van der Waals surface area contributed by atoms with Gasteiger partial charge in [0.15, 0.2) is 6.10 Å². The zero-order valence-electron chi connectivity index (χ0n) is 15.8. The molecule has 2 aromatic carbocycles. The number of hydrogen-bond donors (Lipinski definition) is 1. The summed E-state index contributed by atoms with van der Waals surface area (Å²) >= 11 is 0. The summed E-state index contributed by atoms with van der Waals surface area (Å²) in [7, 11) is 0. The Morgan fingerprint density at radius 2 is 1.79 bits per heavy atom. The summed E-state index contributed by atoms with van der Waals surface area (Å²) in [6, 6.07) is 13.3. The number of carbonyl (C=O) groups excluding carboxylic acids is 2. The summed E-state index contributed by atoms with van der Waals surface area (Å²) in [5.74, 6) is -0.445. The van der Waals surface area contributed by atoms with Crippen LogP contribution in [0.3, 0.4) is 0 Å². The number of anilines is 2. The molecule has 0 radical (unpaired) electrons. The minimum Gasteiger partial charge on any atom is -0.477 e. The van der Waals surface area contributed by atoms with Crippen molar-refractivity contribution in [3.8, 4) is 5.75 Å². The number of nitrogens with one attached hydrogen (secondary N) is 1. The van der Waals surface area contributed by atoms with E-state index in [9.17, 15) is 14.0 Å². The van der Waals surface area contributed by atoms with Gasteiger partial charge in [-0.2, -0.15) is 0 Å². The number of halogens is 1. The van der Waals surface area contributed by atoms with E-state index in [0.29, 0.717) is 32.1 Å². The summed E-state index contributed by atoms with van der Waals surface area (Å²) in [4.78, 5) is 29.0. The van der Waals surface area contributed by atoms with Crippen LogP contribution in [0.1, 0.15) is 0 Å². The molecule has 2 aliphatic rings. The number of carbonyl (C=O) groups is 2. The number of nitrogens with zero attached hydrogens (tertiary/aromatic N) is 2. The molecule has 4 rings (SSSR count). The van der Waals surface area contributed by atoms with E-state index < -0.39 is 11.9 Å². The van der Waals surface area contributed by atoms with Gasteiger partial charge < -0.3 is 24.6 Å². The zero-order chi connectivity index (χ0) is 20.2. The Morgan fingerprint density at radius 3 is 2.59 bits per heavy atom. The van der Waals surface area contributed by atoms with Crippen molar-refractivity contribution >= 4 is 23.2 Å². The lowest BCUT2D eigenvalue weighted by Gasteiger charge is -2.38. The lowest BCUT2D eigenvalue weighted by Crippen LogP contribution is -2.53. The Bertz CT molecular complexity index is 901. The molecule has 2 aromatic rings. The van der Waals surface area contributed by atoms with Gasteiger partial charge in [-0.1, -0.05) is 24.3 Å². The average Bonchev–Trinajstić information content (AvgIpc) is 2.75. The summed E-state index contributed by atoms with van der Waals surface area (Å²) in [5.41, 5.74) is 0.849. The molecule has 0 aliphatic carbocycles. The lowest BCUT2D eigenvalue weighted by molar-refractivity contribution is -0.142. The van der Waals surface area contributed by atoms with Crippen LogP contribution >= 0.6 is 0 Å². The first-order valence-electron chi connectivity index (χ1n) is 9.53. The standard InChI is InChI=1S/C21H22FN3O4/c22-15-5-1-2-6-16(15)23-20(26)14-25-13-19(21(27)24-9-11-28-12-10-24)29-18-8-4-3-7-17(18)25/h1-8,19H,9-14H2,(H,23,26). The van der Waals surface area contributed by atoms with Crippen molar-refractivity contribution in [1.29, 1.82) is 0 Å². The van der Waals surface area contributed by atoms with Gasteiger partial charge in [0.1, 0.15) is 11.6 Å². The Labute approximate surface area is 168 Å². The van der Waals surface area contributed by atoms with Crippen molar-refractivity contribution < 1.29 is 23.5 Å². The second-order valence-electron chi connectivity index (χ2n) is 6.92. The zero-order valence-corrected chi connectivity index (χ0v) is 15.8. The largest absolute Gasteiger partial charge is 0.477 e. The number of rotatable bonds is 4. The van der Waals surface area contributed by atoms with Crippen molar-refractivity contribution in [2.45, 2.75) is 6.10 Å². The van der Waals surface area contributed by atoms with Gasteiger partial charge in [-0.25, -0.2) is 4.39 Å². The van der Waals surface area contributed by atoms with Gasteiger partial charge >= 0.3 is 0 Å². The smallest absolute Gasteiger partial charge is 0.265 e. The van der Waals surface area contributed by atoms with Gasteiger partial charge in [-0.15, -0.1) is 0 Å². The summed E-state index contributed by atoms with van der Waals surface area (Å²) < 4.78 is 25.1. The highest BCUT2D eigenvalue weighted by molar-refractivity contribution is 5.95. The maximum absolute atomic E-state index is 13.8. The van der Waals surface area contributed by atoms with E-state index in [1.54, 1.807) is 28.0 Å². The minimum absolute atomic E-state index is 0.0262. The second-order valence-corrected chi connectivity index (χ2v) is 6.92. The predicted octanol–water partition coefficient (Wildman–Crippen LogP) is 1.89. The van der Waals surface area contributed by atoms with E-state index in [1.165, 1.54) is 12.1 Å². The Kier molecular flexibility index (Phi) is 5.62. The SMILES string of the molecule is O=C(CN1CC(C(=O)N2CCOCC2)Oc2ccccc21)Nc1ccccc1F. The van der Waals surface area contributed by atoms with Crippen LogP contribution in [-0.4, -0.2) is 62.2 Å². The molecule has 0 saturated carbocycles. The third-order valence-corrected chi connectivity index (χ3v) is 4.94. The van der Waals surface area contributed by atoms with Gasteiger partial charge in [-0.3, -0.25) is 9.59 Å². The van der Waals surface area contributed by atoms with Crippen LogP contribution in [0, 0.1) is 5.82 Å². The number of hydrogen-bond acceptors (Lipinski definition) is 5. The Morgan fingerprint density at radius 1 is 1.07 bits per heavy atom. The van der Waals surface area contributed by atoms with E-state index in [4.69, 9.17) is 9.47 Å². The number of ether oxygens (including phenoxy) is 2. The highest BCUT2D eigenvalue weighted by Gasteiger charge is 2.34. The molecule has 1 unspecified atom stereocenters. The van der Waals surface area contributed by atoms with Crippen molar-refractivity contribution in [2.24, 2.45) is 0 Å². The second kappa shape index (κ2) is 8.48. The molecule has 1 N–H and O–H groups in total. The van der Waals surface area contributed by atoms with E-state index in [0.717, 1.165) is 5.69 Å². The molecule has 8 heteroatoms. The van der Waals surface area contributed by atoms with Crippen LogP contribution in [0.2, 0.25) is 0 Å². The van der Waals surface area contributed by atoms with Crippen molar-refractivity contribution in [2.75, 3.05) is 49.6 Å². The topological polar surface area (TPSA) is 71.1 Å². The molecule has 2 amide bonds. The van der Waals surface area contributed by atoms with Crippen LogP contribution in [0.4, 0.5) is 15.8 Å². The molecule has 2 heterocycles. The number of amides is 2. The van der Waals surface area contributed by atoms with Gasteiger partial charge in [0.2, 0.25) is 5.91 Å². The summed E-state index contributed by atoms with van der Waals surface area (Å²) in [6.07, 6.45) is -0.718.